The Kier molecular flexibility index (Phi) is 5.41. The van der Waals surface area contributed by atoms with Crippen LogP contribution in [0.5, 0.6) is 0 Å². The van der Waals surface area contributed by atoms with Crippen LogP contribution in [0.4, 0.5) is 14.9 Å². The van der Waals surface area contributed by atoms with Crippen LogP contribution in [0, 0.1) is 5.82 Å². The maximum absolute atomic E-state index is 12.8. The number of amides is 2. The first kappa shape index (κ1) is 16.7. The van der Waals surface area contributed by atoms with Crippen molar-refractivity contribution in [1.82, 2.24) is 14.9 Å². The molecule has 2 amide bonds. The van der Waals surface area contributed by atoms with E-state index in [-0.39, 0.29) is 11.8 Å². The molecule has 0 aliphatic rings. The number of benzene rings is 2. The van der Waals surface area contributed by atoms with Crippen molar-refractivity contribution in [2.24, 2.45) is 0 Å². The highest BCUT2D eigenvalue weighted by Gasteiger charge is 2.05. The van der Waals surface area contributed by atoms with E-state index in [1.165, 1.54) is 24.3 Å². The number of halogens is 1. The van der Waals surface area contributed by atoms with E-state index in [2.05, 4.69) is 20.2 Å². The third-order valence-electron chi connectivity index (χ3n) is 3.71. The number of anilines is 1. The molecule has 0 spiro atoms. The molecule has 0 bridgehead atoms. The number of hydrogen-bond acceptors (Lipinski definition) is 2. The van der Waals surface area contributed by atoms with Crippen LogP contribution in [0.25, 0.3) is 11.4 Å². The van der Waals surface area contributed by atoms with Crippen LogP contribution >= 0.6 is 0 Å². The number of nitrogens with one attached hydrogen (secondary N) is 2. The molecule has 5 nitrogen and oxygen atoms in total. The summed E-state index contributed by atoms with van der Waals surface area (Å²) in [5, 5.41) is 5.45. The normalized spacial score (nSPS) is 10.4. The molecular formula is C19H19FN4O. The Bertz CT molecular complexity index is 815. The van der Waals surface area contributed by atoms with Crippen LogP contribution in [0.3, 0.4) is 0 Å². The van der Waals surface area contributed by atoms with Crippen molar-refractivity contribution in [3.8, 4) is 11.4 Å². The van der Waals surface area contributed by atoms with Gasteiger partial charge in [0.1, 0.15) is 11.6 Å². The summed E-state index contributed by atoms with van der Waals surface area (Å²) >= 11 is 0. The zero-order valence-corrected chi connectivity index (χ0v) is 13.7. The minimum absolute atomic E-state index is 0.305. The average molecular weight is 338 g/mol. The Balaban J connectivity index is 1.45. The molecule has 3 rings (SSSR count). The molecule has 0 saturated heterocycles. The third kappa shape index (κ3) is 4.67. The van der Waals surface area contributed by atoms with E-state index in [0.717, 1.165) is 24.4 Å². The summed E-state index contributed by atoms with van der Waals surface area (Å²) in [6.45, 7) is 1.28. The smallest absolute Gasteiger partial charge is 0.319 e. The summed E-state index contributed by atoms with van der Waals surface area (Å²) in [6, 6.07) is 15.3. The SMILES string of the molecule is O=C(NCCCn1ccnc1-c1ccccc1)Nc1ccc(F)cc1. The number of nitrogens with zero attached hydrogens (tertiary/aromatic N) is 2. The van der Waals surface area contributed by atoms with Crippen molar-refractivity contribution in [2.45, 2.75) is 13.0 Å². The van der Waals surface area contributed by atoms with Gasteiger partial charge in [-0.25, -0.2) is 14.2 Å². The molecule has 2 aromatic carbocycles. The second kappa shape index (κ2) is 8.10. The minimum Gasteiger partial charge on any atom is -0.338 e. The molecule has 25 heavy (non-hydrogen) atoms. The number of aromatic nitrogens is 2. The second-order valence-corrected chi connectivity index (χ2v) is 5.55. The van der Waals surface area contributed by atoms with E-state index < -0.39 is 0 Å². The molecule has 0 radical (unpaired) electrons. The van der Waals surface area contributed by atoms with Crippen LogP contribution < -0.4 is 10.6 Å². The highest BCUT2D eigenvalue weighted by molar-refractivity contribution is 5.89. The molecule has 6 heteroatoms. The van der Waals surface area contributed by atoms with E-state index in [1.807, 2.05) is 36.5 Å². The standard InChI is InChI=1S/C19H19FN4O/c20-16-7-9-17(10-8-16)23-19(25)22-11-4-13-24-14-12-21-18(24)15-5-2-1-3-6-15/h1-3,5-10,12,14H,4,11,13H2,(H2,22,23,25). The average Bonchev–Trinajstić information content (AvgIpc) is 3.10. The molecule has 0 saturated carbocycles. The van der Waals surface area contributed by atoms with E-state index >= 15 is 0 Å². The van der Waals surface area contributed by atoms with Crippen molar-refractivity contribution < 1.29 is 9.18 Å². The van der Waals surface area contributed by atoms with E-state index in [1.54, 1.807) is 6.20 Å². The van der Waals surface area contributed by atoms with Gasteiger partial charge in [-0.2, -0.15) is 0 Å². The van der Waals surface area contributed by atoms with Crippen molar-refractivity contribution in [3.05, 3.63) is 72.8 Å². The summed E-state index contributed by atoms with van der Waals surface area (Å²) in [6.07, 6.45) is 4.48. The summed E-state index contributed by atoms with van der Waals surface area (Å²) in [7, 11) is 0. The lowest BCUT2D eigenvalue weighted by Crippen LogP contribution is -2.30. The third-order valence-corrected chi connectivity index (χ3v) is 3.71. The van der Waals surface area contributed by atoms with E-state index in [4.69, 9.17) is 0 Å². The first-order valence-electron chi connectivity index (χ1n) is 8.09. The quantitative estimate of drug-likeness (QED) is 0.670. The Morgan fingerprint density at radius 2 is 1.84 bits per heavy atom. The number of carbonyl (C=O) groups excluding carboxylic acids is 1. The first-order chi connectivity index (χ1) is 12.2. The summed E-state index contributed by atoms with van der Waals surface area (Å²) in [5.74, 6) is 0.580. The van der Waals surface area contributed by atoms with Gasteiger partial charge in [-0.3, -0.25) is 0 Å². The largest absolute Gasteiger partial charge is 0.338 e. The van der Waals surface area contributed by atoms with Gasteiger partial charge in [0.15, 0.2) is 0 Å². The van der Waals surface area contributed by atoms with E-state index in [9.17, 15) is 9.18 Å². The van der Waals surface area contributed by atoms with Crippen molar-refractivity contribution in [1.29, 1.82) is 0 Å². The maximum Gasteiger partial charge on any atom is 0.319 e. The van der Waals surface area contributed by atoms with Gasteiger partial charge in [-0.05, 0) is 30.7 Å². The Morgan fingerprint density at radius 3 is 2.60 bits per heavy atom. The predicted octanol–water partition coefficient (Wildman–Crippen LogP) is 3.90. The lowest BCUT2D eigenvalue weighted by molar-refractivity contribution is 0.252. The van der Waals surface area contributed by atoms with Gasteiger partial charge in [-0.1, -0.05) is 30.3 Å². The lowest BCUT2D eigenvalue weighted by Gasteiger charge is -2.10. The fourth-order valence-electron chi connectivity index (χ4n) is 2.50. The van der Waals surface area contributed by atoms with Crippen LogP contribution in [-0.4, -0.2) is 22.1 Å². The van der Waals surface area contributed by atoms with Crippen molar-refractivity contribution in [2.75, 3.05) is 11.9 Å². The molecule has 0 aliphatic carbocycles. The summed E-state index contributed by atoms with van der Waals surface area (Å²) in [5.41, 5.74) is 1.62. The molecule has 0 fully saturated rings. The lowest BCUT2D eigenvalue weighted by atomic mass is 10.2. The van der Waals surface area contributed by atoms with Crippen LogP contribution in [0.2, 0.25) is 0 Å². The first-order valence-corrected chi connectivity index (χ1v) is 8.09. The molecule has 128 valence electrons. The summed E-state index contributed by atoms with van der Waals surface area (Å²) in [4.78, 5) is 16.2. The monoisotopic (exact) mass is 338 g/mol. The Labute approximate surface area is 145 Å². The van der Waals surface area contributed by atoms with Crippen molar-refractivity contribution >= 4 is 11.7 Å². The van der Waals surface area contributed by atoms with Gasteiger partial charge in [0.2, 0.25) is 0 Å². The predicted molar refractivity (Wildman–Crippen MR) is 95.7 cm³/mol. The highest BCUT2D eigenvalue weighted by Crippen LogP contribution is 2.16. The summed E-state index contributed by atoms with van der Waals surface area (Å²) < 4.78 is 14.9. The van der Waals surface area contributed by atoms with Gasteiger partial charge in [-0.15, -0.1) is 0 Å². The number of urea groups is 1. The fourth-order valence-corrected chi connectivity index (χ4v) is 2.50. The molecule has 3 aromatic rings. The molecule has 0 atom stereocenters. The highest BCUT2D eigenvalue weighted by atomic mass is 19.1. The number of rotatable bonds is 6. The Hall–Kier alpha value is -3.15. The van der Waals surface area contributed by atoms with E-state index in [0.29, 0.717) is 12.2 Å². The Morgan fingerprint density at radius 1 is 1.08 bits per heavy atom. The molecular weight excluding hydrogens is 319 g/mol. The van der Waals surface area contributed by atoms with Crippen LogP contribution in [0.1, 0.15) is 6.42 Å². The number of carbonyl (C=O) groups is 1. The zero-order chi connectivity index (χ0) is 17.5. The number of hydrogen-bond donors (Lipinski definition) is 2. The van der Waals surface area contributed by atoms with Gasteiger partial charge >= 0.3 is 6.03 Å². The maximum atomic E-state index is 12.8. The topological polar surface area (TPSA) is 59.0 Å². The molecule has 1 heterocycles. The van der Waals surface area contributed by atoms with Gasteiger partial charge in [0.25, 0.3) is 0 Å². The molecule has 0 unspecified atom stereocenters. The fraction of sp³-hybridized carbons (Fsp3) is 0.158. The van der Waals surface area contributed by atoms with Crippen LogP contribution in [-0.2, 0) is 6.54 Å². The minimum atomic E-state index is -0.333. The van der Waals surface area contributed by atoms with Gasteiger partial charge in [0.05, 0.1) is 0 Å². The molecule has 1 aromatic heterocycles. The van der Waals surface area contributed by atoms with Crippen LogP contribution in [0.15, 0.2) is 67.0 Å². The second-order valence-electron chi connectivity index (χ2n) is 5.55. The number of aryl methyl sites for hydroxylation is 1. The zero-order valence-electron chi connectivity index (χ0n) is 13.7. The van der Waals surface area contributed by atoms with Gasteiger partial charge < -0.3 is 15.2 Å². The molecule has 0 aliphatic heterocycles. The van der Waals surface area contributed by atoms with Gasteiger partial charge in [0, 0.05) is 36.7 Å². The molecule has 2 N–H and O–H groups in total. The van der Waals surface area contributed by atoms with Crippen molar-refractivity contribution in [3.63, 3.8) is 0 Å². The number of imidazole rings is 1.